The van der Waals surface area contributed by atoms with Crippen molar-refractivity contribution < 1.29 is 4.79 Å². The highest BCUT2D eigenvalue weighted by molar-refractivity contribution is 7.07. The predicted octanol–water partition coefficient (Wildman–Crippen LogP) is 4.05. The monoisotopic (exact) mass is 356 g/mol. The standard InChI is InChI=1S/C21H28N2OS/c1-22(15-20-11-14-25-17-20)21(24)16-23-12-9-19(10-13-23)8-7-18-5-3-2-4-6-18/h2-6,11,14,17,19H,7-10,12-13,15-16H2,1H3. The second kappa shape index (κ2) is 9.16. The summed E-state index contributed by atoms with van der Waals surface area (Å²) in [5, 5.41) is 4.18. The molecule has 0 aliphatic carbocycles. The van der Waals surface area contributed by atoms with Crippen molar-refractivity contribution in [2.75, 3.05) is 26.7 Å². The van der Waals surface area contributed by atoms with E-state index in [1.54, 1.807) is 11.3 Å². The number of likely N-dealkylation sites (N-methyl/N-ethyl adjacent to an activating group) is 1. The number of carbonyl (C=O) groups excluding carboxylic acids is 1. The van der Waals surface area contributed by atoms with Crippen molar-refractivity contribution >= 4 is 17.2 Å². The van der Waals surface area contributed by atoms with Crippen LogP contribution in [0.1, 0.15) is 30.4 Å². The molecule has 1 amide bonds. The second-order valence-corrected chi connectivity index (χ2v) is 7.91. The van der Waals surface area contributed by atoms with E-state index in [1.807, 2.05) is 11.9 Å². The smallest absolute Gasteiger partial charge is 0.236 e. The van der Waals surface area contributed by atoms with Crippen molar-refractivity contribution in [1.82, 2.24) is 9.80 Å². The summed E-state index contributed by atoms with van der Waals surface area (Å²) in [5.74, 6) is 1.03. The highest BCUT2D eigenvalue weighted by atomic mass is 32.1. The van der Waals surface area contributed by atoms with Crippen molar-refractivity contribution in [2.45, 2.75) is 32.2 Å². The van der Waals surface area contributed by atoms with Crippen LogP contribution in [0.4, 0.5) is 0 Å². The summed E-state index contributed by atoms with van der Waals surface area (Å²) >= 11 is 1.68. The van der Waals surface area contributed by atoms with Crippen LogP contribution in [0.2, 0.25) is 0 Å². The Balaban J connectivity index is 1.36. The van der Waals surface area contributed by atoms with E-state index in [-0.39, 0.29) is 5.91 Å². The molecule has 0 radical (unpaired) electrons. The average molecular weight is 357 g/mol. The van der Waals surface area contributed by atoms with Gasteiger partial charge in [0.05, 0.1) is 6.54 Å². The van der Waals surface area contributed by atoms with Gasteiger partial charge >= 0.3 is 0 Å². The zero-order valence-electron chi connectivity index (χ0n) is 15.1. The lowest BCUT2D eigenvalue weighted by molar-refractivity contribution is -0.132. The molecule has 134 valence electrons. The van der Waals surface area contributed by atoms with Gasteiger partial charge in [0.15, 0.2) is 0 Å². The number of amides is 1. The SMILES string of the molecule is CN(Cc1ccsc1)C(=O)CN1CCC(CCc2ccccc2)CC1. The fraction of sp³-hybridized carbons (Fsp3) is 0.476. The topological polar surface area (TPSA) is 23.6 Å². The van der Waals surface area contributed by atoms with E-state index >= 15 is 0 Å². The molecule has 25 heavy (non-hydrogen) atoms. The summed E-state index contributed by atoms with van der Waals surface area (Å²) in [4.78, 5) is 16.6. The molecular formula is C21H28N2OS. The Morgan fingerprint density at radius 3 is 2.60 bits per heavy atom. The molecule has 3 rings (SSSR count). The Morgan fingerprint density at radius 1 is 1.16 bits per heavy atom. The molecule has 4 heteroatoms. The molecule has 2 aromatic rings. The van der Waals surface area contributed by atoms with E-state index in [0.717, 1.165) is 25.6 Å². The maximum absolute atomic E-state index is 12.4. The van der Waals surface area contributed by atoms with E-state index in [0.29, 0.717) is 6.54 Å². The summed E-state index contributed by atoms with van der Waals surface area (Å²) < 4.78 is 0. The first-order valence-electron chi connectivity index (χ1n) is 9.22. The number of aryl methyl sites for hydroxylation is 1. The number of hydrogen-bond donors (Lipinski definition) is 0. The number of likely N-dealkylation sites (tertiary alicyclic amines) is 1. The lowest BCUT2D eigenvalue weighted by Crippen LogP contribution is -2.42. The normalized spacial score (nSPS) is 16.0. The predicted molar refractivity (Wildman–Crippen MR) is 105 cm³/mol. The van der Waals surface area contributed by atoms with Crippen molar-refractivity contribution in [2.24, 2.45) is 5.92 Å². The fourth-order valence-electron chi connectivity index (χ4n) is 3.51. The van der Waals surface area contributed by atoms with Crippen LogP contribution in [-0.2, 0) is 17.8 Å². The van der Waals surface area contributed by atoms with Gasteiger partial charge in [-0.25, -0.2) is 0 Å². The molecule has 1 aromatic heterocycles. The van der Waals surface area contributed by atoms with Gasteiger partial charge in [-0.1, -0.05) is 30.3 Å². The minimum Gasteiger partial charge on any atom is -0.340 e. The zero-order chi connectivity index (χ0) is 17.5. The van der Waals surface area contributed by atoms with Gasteiger partial charge in [-0.15, -0.1) is 0 Å². The second-order valence-electron chi connectivity index (χ2n) is 7.13. The van der Waals surface area contributed by atoms with Crippen molar-refractivity contribution in [3.63, 3.8) is 0 Å². The Hall–Kier alpha value is -1.65. The van der Waals surface area contributed by atoms with Gasteiger partial charge in [0.1, 0.15) is 0 Å². The van der Waals surface area contributed by atoms with E-state index in [1.165, 1.54) is 36.8 Å². The lowest BCUT2D eigenvalue weighted by Gasteiger charge is -2.32. The molecule has 3 nitrogen and oxygen atoms in total. The maximum atomic E-state index is 12.4. The van der Waals surface area contributed by atoms with Crippen LogP contribution in [-0.4, -0.2) is 42.4 Å². The van der Waals surface area contributed by atoms with Gasteiger partial charge in [-0.05, 0) is 72.6 Å². The van der Waals surface area contributed by atoms with Crippen LogP contribution in [0.15, 0.2) is 47.2 Å². The molecule has 0 bridgehead atoms. The number of rotatable bonds is 7. The number of benzene rings is 1. The summed E-state index contributed by atoms with van der Waals surface area (Å²) in [7, 11) is 1.91. The molecule has 1 saturated heterocycles. The van der Waals surface area contributed by atoms with Gasteiger partial charge in [0.2, 0.25) is 5.91 Å². The number of nitrogens with zero attached hydrogens (tertiary/aromatic N) is 2. The highest BCUT2D eigenvalue weighted by Gasteiger charge is 2.22. The quantitative estimate of drug-likeness (QED) is 0.747. The van der Waals surface area contributed by atoms with Crippen LogP contribution >= 0.6 is 11.3 Å². The Bertz CT molecular complexity index is 633. The summed E-state index contributed by atoms with van der Waals surface area (Å²) in [6.07, 6.45) is 4.88. The Labute approximate surface area is 155 Å². The molecule has 1 fully saturated rings. The molecule has 0 spiro atoms. The molecular weight excluding hydrogens is 328 g/mol. The highest BCUT2D eigenvalue weighted by Crippen LogP contribution is 2.22. The van der Waals surface area contributed by atoms with E-state index in [2.05, 4.69) is 52.1 Å². The van der Waals surface area contributed by atoms with Crippen molar-refractivity contribution in [3.8, 4) is 0 Å². The van der Waals surface area contributed by atoms with E-state index in [4.69, 9.17) is 0 Å². The van der Waals surface area contributed by atoms with Gasteiger partial charge in [-0.3, -0.25) is 9.69 Å². The van der Waals surface area contributed by atoms with E-state index in [9.17, 15) is 4.79 Å². The van der Waals surface area contributed by atoms with Crippen LogP contribution in [0.25, 0.3) is 0 Å². The molecule has 0 saturated carbocycles. The number of thiophene rings is 1. The molecule has 2 heterocycles. The molecule has 0 atom stereocenters. The van der Waals surface area contributed by atoms with Crippen LogP contribution < -0.4 is 0 Å². The number of hydrogen-bond acceptors (Lipinski definition) is 3. The molecule has 0 N–H and O–H groups in total. The van der Waals surface area contributed by atoms with Crippen LogP contribution in [0.3, 0.4) is 0 Å². The maximum Gasteiger partial charge on any atom is 0.236 e. The van der Waals surface area contributed by atoms with Crippen molar-refractivity contribution in [3.05, 3.63) is 58.3 Å². The van der Waals surface area contributed by atoms with Gasteiger partial charge in [0.25, 0.3) is 0 Å². The molecule has 1 aliphatic heterocycles. The fourth-order valence-corrected chi connectivity index (χ4v) is 4.17. The largest absolute Gasteiger partial charge is 0.340 e. The Kier molecular flexibility index (Phi) is 6.65. The van der Waals surface area contributed by atoms with Crippen molar-refractivity contribution in [1.29, 1.82) is 0 Å². The minimum absolute atomic E-state index is 0.230. The summed E-state index contributed by atoms with van der Waals surface area (Å²) in [6, 6.07) is 12.8. The summed E-state index contributed by atoms with van der Waals surface area (Å²) in [6.45, 7) is 3.39. The van der Waals surface area contributed by atoms with Gasteiger partial charge < -0.3 is 4.90 Å². The van der Waals surface area contributed by atoms with E-state index < -0.39 is 0 Å². The lowest BCUT2D eigenvalue weighted by atomic mass is 9.90. The minimum atomic E-state index is 0.230. The third-order valence-electron chi connectivity index (χ3n) is 5.18. The molecule has 1 aliphatic rings. The third kappa shape index (κ3) is 5.68. The zero-order valence-corrected chi connectivity index (χ0v) is 15.9. The number of piperidine rings is 1. The van der Waals surface area contributed by atoms with Gasteiger partial charge in [0, 0.05) is 13.6 Å². The van der Waals surface area contributed by atoms with Crippen LogP contribution in [0.5, 0.6) is 0 Å². The first kappa shape index (κ1) is 18.2. The van der Waals surface area contributed by atoms with Gasteiger partial charge in [-0.2, -0.15) is 11.3 Å². The summed E-state index contributed by atoms with van der Waals surface area (Å²) in [5.41, 5.74) is 2.66. The third-order valence-corrected chi connectivity index (χ3v) is 5.91. The number of carbonyl (C=O) groups is 1. The Morgan fingerprint density at radius 2 is 1.92 bits per heavy atom. The molecule has 0 unspecified atom stereocenters. The first-order valence-corrected chi connectivity index (χ1v) is 10.2. The molecule has 1 aromatic carbocycles. The average Bonchev–Trinajstić information content (AvgIpc) is 3.15. The first-order chi connectivity index (χ1) is 12.2. The van der Waals surface area contributed by atoms with Crippen LogP contribution in [0, 0.1) is 5.92 Å².